The zero-order valence-corrected chi connectivity index (χ0v) is 8.47. The van der Waals surface area contributed by atoms with Gasteiger partial charge in [0.15, 0.2) is 0 Å². The number of hydrogen-bond acceptors (Lipinski definition) is 3. The fraction of sp³-hybridized carbons (Fsp3) is 0.500. The lowest BCUT2D eigenvalue weighted by molar-refractivity contribution is 0.440. The number of nitrogens with two attached hydrogens (primary N) is 1. The number of sulfonamides is 1. The quantitative estimate of drug-likeness (QED) is 0.800. The van der Waals surface area contributed by atoms with E-state index in [0.717, 1.165) is 0 Å². The van der Waals surface area contributed by atoms with E-state index in [1.165, 1.54) is 6.26 Å². The number of rotatable bonds is 3. The molecule has 0 bridgehead atoms. The molecule has 0 aromatic carbocycles. The summed E-state index contributed by atoms with van der Waals surface area (Å²) in [5.74, 6) is 0.373. The fourth-order valence-electron chi connectivity index (χ4n) is 1.16. The Balaban J connectivity index is 3.04. The lowest BCUT2D eigenvalue weighted by Crippen LogP contribution is -2.13. The van der Waals surface area contributed by atoms with Crippen LogP contribution in [-0.2, 0) is 16.4 Å². The molecule has 0 saturated heterocycles. The van der Waals surface area contributed by atoms with Crippen LogP contribution in [0.5, 0.6) is 0 Å². The van der Waals surface area contributed by atoms with Crippen molar-refractivity contribution in [3.8, 4) is 0 Å². The van der Waals surface area contributed by atoms with Gasteiger partial charge in [0.2, 0.25) is 5.09 Å². The van der Waals surface area contributed by atoms with Crippen LogP contribution in [0, 0.1) is 5.92 Å². The Bertz CT molecular complexity index is 378. The maximum atomic E-state index is 11.0. The Hall–Kier alpha value is -0.810. The van der Waals surface area contributed by atoms with Gasteiger partial charge in [-0.1, -0.05) is 13.8 Å². The zero-order valence-electron chi connectivity index (χ0n) is 7.65. The maximum absolute atomic E-state index is 11.0. The predicted octanol–water partition coefficient (Wildman–Crippen LogP) is 1.13. The van der Waals surface area contributed by atoms with E-state index in [4.69, 9.17) is 9.56 Å². The highest BCUT2D eigenvalue weighted by molar-refractivity contribution is 7.89. The summed E-state index contributed by atoms with van der Waals surface area (Å²) in [5.41, 5.74) is 0.650. The second-order valence-corrected chi connectivity index (χ2v) is 4.84. The van der Waals surface area contributed by atoms with Gasteiger partial charge in [0.25, 0.3) is 10.0 Å². The van der Waals surface area contributed by atoms with Crippen molar-refractivity contribution in [1.29, 1.82) is 0 Å². The van der Waals surface area contributed by atoms with E-state index < -0.39 is 10.0 Å². The van der Waals surface area contributed by atoms with Crippen molar-refractivity contribution in [3.63, 3.8) is 0 Å². The van der Waals surface area contributed by atoms with Crippen molar-refractivity contribution < 1.29 is 12.8 Å². The average molecular weight is 203 g/mol. The van der Waals surface area contributed by atoms with E-state index in [1.807, 2.05) is 13.8 Å². The summed E-state index contributed by atoms with van der Waals surface area (Å²) in [6.07, 6.45) is 2.00. The lowest BCUT2D eigenvalue weighted by Gasteiger charge is -2.02. The Morgan fingerprint density at radius 3 is 2.62 bits per heavy atom. The van der Waals surface area contributed by atoms with E-state index >= 15 is 0 Å². The molecule has 2 N–H and O–H groups in total. The van der Waals surface area contributed by atoms with Crippen LogP contribution in [-0.4, -0.2) is 8.42 Å². The Kier molecular flexibility index (Phi) is 2.77. The first kappa shape index (κ1) is 10.3. The summed E-state index contributed by atoms with van der Waals surface area (Å²) in [5, 5.41) is 4.85. The molecule has 1 aromatic rings. The molecule has 1 rings (SSSR count). The molecule has 0 radical (unpaired) electrons. The third-order valence-electron chi connectivity index (χ3n) is 1.59. The van der Waals surface area contributed by atoms with E-state index in [0.29, 0.717) is 17.9 Å². The molecular weight excluding hydrogens is 190 g/mol. The minimum absolute atomic E-state index is 0.110. The zero-order chi connectivity index (χ0) is 10.1. The summed E-state index contributed by atoms with van der Waals surface area (Å²) in [7, 11) is -3.70. The smallest absolute Gasteiger partial charge is 0.271 e. The van der Waals surface area contributed by atoms with Crippen LogP contribution in [0.2, 0.25) is 0 Å². The van der Waals surface area contributed by atoms with Crippen molar-refractivity contribution in [3.05, 3.63) is 17.9 Å². The van der Waals surface area contributed by atoms with Gasteiger partial charge in [-0.25, -0.2) is 13.6 Å². The molecular formula is C8H13NO3S. The van der Waals surface area contributed by atoms with E-state index in [-0.39, 0.29) is 5.09 Å². The van der Waals surface area contributed by atoms with E-state index in [9.17, 15) is 8.42 Å². The summed E-state index contributed by atoms with van der Waals surface area (Å²) in [6.45, 7) is 4.00. The Labute approximate surface area is 77.8 Å². The minimum atomic E-state index is -3.70. The van der Waals surface area contributed by atoms with Crippen molar-refractivity contribution in [2.75, 3.05) is 0 Å². The molecule has 0 unspecified atom stereocenters. The summed E-state index contributed by atoms with van der Waals surface area (Å²) in [6, 6.07) is 1.64. The van der Waals surface area contributed by atoms with E-state index in [1.54, 1.807) is 6.07 Å². The van der Waals surface area contributed by atoms with Crippen LogP contribution < -0.4 is 5.14 Å². The van der Waals surface area contributed by atoms with Gasteiger partial charge < -0.3 is 4.42 Å². The van der Waals surface area contributed by atoms with Gasteiger partial charge in [0.05, 0.1) is 6.26 Å². The summed E-state index contributed by atoms with van der Waals surface area (Å²) < 4.78 is 26.8. The van der Waals surface area contributed by atoms with Gasteiger partial charge >= 0.3 is 0 Å². The second kappa shape index (κ2) is 3.51. The number of primary sulfonamides is 1. The predicted molar refractivity (Wildman–Crippen MR) is 48.6 cm³/mol. The van der Waals surface area contributed by atoms with Gasteiger partial charge in [0, 0.05) is 5.56 Å². The van der Waals surface area contributed by atoms with Crippen LogP contribution in [0.15, 0.2) is 21.8 Å². The normalized spacial score (nSPS) is 12.3. The highest BCUT2D eigenvalue weighted by atomic mass is 32.2. The lowest BCUT2D eigenvalue weighted by atomic mass is 10.1. The topological polar surface area (TPSA) is 73.3 Å². The van der Waals surface area contributed by atoms with Crippen molar-refractivity contribution in [2.45, 2.75) is 25.4 Å². The molecule has 4 nitrogen and oxygen atoms in total. The van der Waals surface area contributed by atoms with E-state index in [2.05, 4.69) is 0 Å². The first-order valence-electron chi connectivity index (χ1n) is 4.00. The SMILES string of the molecule is CC(C)Cc1ccoc1S(N)(=O)=O. The average Bonchev–Trinajstić information content (AvgIpc) is 2.31. The van der Waals surface area contributed by atoms with Gasteiger partial charge in [-0.15, -0.1) is 0 Å². The largest absolute Gasteiger partial charge is 0.451 e. The first-order valence-corrected chi connectivity index (χ1v) is 5.55. The molecule has 0 spiro atoms. The van der Waals surface area contributed by atoms with Gasteiger partial charge in [-0.2, -0.15) is 0 Å². The van der Waals surface area contributed by atoms with Crippen LogP contribution in [0.4, 0.5) is 0 Å². The maximum Gasteiger partial charge on any atom is 0.271 e. The molecule has 0 fully saturated rings. The number of hydrogen-bond donors (Lipinski definition) is 1. The van der Waals surface area contributed by atoms with Crippen LogP contribution in [0.3, 0.4) is 0 Å². The second-order valence-electron chi connectivity index (χ2n) is 3.38. The minimum Gasteiger partial charge on any atom is -0.451 e. The molecule has 0 aliphatic carbocycles. The molecule has 5 heteroatoms. The molecule has 0 aliphatic rings. The standard InChI is InChI=1S/C8H13NO3S/c1-6(2)5-7-3-4-12-8(7)13(9,10)11/h3-4,6H,5H2,1-2H3,(H2,9,10,11). The first-order chi connectivity index (χ1) is 5.91. The Morgan fingerprint density at radius 1 is 1.54 bits per heavy atom. The molecule has 1 aromatic heterocycles. The van der Waals surface area contributed by atoms with Gasteiger partial charge in [0.1, 0.15) is 0 Å². The molecule has 0 aliphatic heterocycles. The monoisotopic (exact) mass is 203 g/mol. The molecule has 74 valence electrons. The molecule has 1 heterocycles. The van der Waals surface area contributed by atoms with Crippen LogP contribution >= 0.6 is 0 Å². The summed E-state index contributed by atoms with van der Waals surface area (Å²) in [4.78, 5) is 0. The molecule has 0 saturated carbocycles. The Morgan fingerprint density at radius 2 is 2.15 bits per heavy atom. The van der Waals surface area contributed by atoms with Crippen LogP contribution in [0.25, 0.3) is 0 Å². The highest BCUT2D eigenvalue weighted by Gasteiger charge is 2.18. The van der Waals surface area contributed by atoms with Crippen LogP contribution in [0.1, 0.15) is 19.4 Å². The van der Waals surface area contributed by atoms with Gasteiger partial charge in [-0.3, -0.25) is 0 Å². The molecule has 0 atom stereocenters. The third-order valence-corrected chi connectivity index (χ3v) is 2.47. The van der Waals surface area contributed by atoms with Crippen molar-refractivity contribution >= 4 is 10.0 Å². The molecule has 13 heavy (non-hydrogen) atoms. The highest BCUT2D eigenvalue weighted by Crippen LogP contribution is 2.18. The van der Waals surface area contributed by atoms with Crippen molar-refractivity contribution in [2.24, 2.45) is 11.1 Å². The number of furan rings is 1. The fourth-order valence-corrected chi connectivity index (χ4v) is 1.87. The summed E-state index contributed by atoms with van der Waals surface area (Å²) >= 11 is 0. The van der Waals surface area contributed by atoms with Gasteiger partial charge in [-0.05, 0) is 18.4 Å². The third kappa shape index (κ3) is 2.57. The molecule has 0 amide bonds. The van der Waals surface area contributed by atoms with Crippen molar-refractivity contribution in [1.82, 2.24) is 0 Å².